The van der Waals surface area contributed by atoms with E-state index in [1.807, 2.05) is 0 Å². The smallest absolute Gasteiger partial charge is 0.309 e. The predicted octanol–water partition coefficient (Wildman–Crippen LogP) is 19.0. The molecule has 4 atom stereocenters. The number of hydrogen-bond acceptors (Lipinski definition) is 1. The van der Waals surface area contributed by atoms with E-state index in [1.165, 1.54) is 231 Å². The zero-order chi connectivity index (χ0) is 39.8. The quantitative estimate of drug-likeness (QED) is 0.0628. The average Bonchev–Trinajstić information content (AvgIpc) is 3.17. The Labute approximate surface area is 342 Å². The number of carbonyl (C=O) groups is 1. The molecule has 4 unspecified atom stereocenters. The molecule has 0 aromatic rings. The second kappa shape index (κ2) is 40.7. The summed E-state index contributed by atoms with van der Waals surface area (Å²) in [5.41, 5.74) is -0.547. The van der Waals surface area contributed by atoms with Crippen LogP contribution in [-0.4, -0.2) is 11.1 Å². The highest BCUT2D eigenvalue weighted by Crippen LogP contribution is 2.49. The molecule has 0 aromatic carbocycles. The Morgan fingerprint density at radius 2 is 0.630 bits per heavy atom. The molecule has 0 aliphatic heterocycles. The molecule has 0 spiro atoms. The maximum Gasteiger partial charge on any atom is 0.309 e. The van der Waals surface area contributed by atoms with Crippen LogP contribution < -0.4 is 0 Å². The second-order valence-electron chi connectivity index (χ2n) is 18.5. The minimum atomic E-state index is -0.547. The van der Waals surface area contributed by atoms with Gasteiger partial charge in [0.25, 0.3) is 0 Å². The lowest BCUT2D eigenvalue weighted by Gasteiger charge is -2.42. The van der Waals surface area contributed by atoms with Crippen LogP contribution in [0.4, 0.5) is 0 Å². The van der Waals surface area contributed by atoms with Crippen LogP contribution in [0.2, 0.25) is 0 Å². The second-order valence-corrected chi connectivity index (χ2v) is 18.5. The fourth-order valence-corrected chi connectivity index (χ4v) is 9.87. The lowest BCUT2D eigenvalue weighted by atomic mass is 9.61. The van der Waals surface area contributed by atoms with E-state index < -0.39 is 11.4 Å². The Hall–Kier alpha value is -0.530. The third-order valence-electron chi connectivity index (χ3n) is 13.6. The van der Waals surface area contributed by atoms with Crippen LogP contribution >= 0.6 is 0 Å². The van der Waals surface area contributed by atoms with Gasteiger partial charge in [0, 0.05) is 0 Å². The van der Waals surface area contributed by atoms with Crippen molar-refractivity contribution in [3.05, 3.63) is 0 Å². The molecule has 0 radical (unpaired) electrons. The molecule has 0 aliphatic rings. The van der Waals surface area contributed by atoms with Crippen molar-refractivity contribution in [2.24, 2.45) is 23.2 Å². The van der Waals surface area contributed by atoms with Crippen LogP contribution in [0.5, 0.6) is 0 Å². The van der Waals surface area contributed by atoms with E-state index >= 15 is 0 Å². The summed E-state index contributed by atoms with van der Waals surface area (Å²) in [6, 6.07) is 0. The normalized spacial score (nSPS) is 14.6. The van der Waals surface area contributed by atoms with E-state index in [2.05, 4.69) is 41.5 Å². The van der Waals surface area contributed by atoms with Crippen molar-refractivity contribution in [2.75, 3.05) is 0 Å². The van der Waals surface area contributed by atoms with Crippen molar-refractivity contribution in [1.29, 1.82) is 0 Å². The largest absolute Gasteiger partial charge is 0.481 e. The third kappa shape index (κ3) is 28.8. The van der Waals surface area contributed by atoms with Gasteiger partial charge in [-0.15, -0.1) is 0 Å². The first kappa shape index (κ1) is 53.5. The van der Waals surface area contributed by atoms with Gasteiger partial charge in [-0.1, -0.05) is 279 Å². The number of rotatable bonds is 45. The van der Waals surface area contributed by atoms with Crippen LogP contribution in [-0.2, 0) is 4.79 Å². The molecule has 0 saturated heterocycles. The number of unbranched alkanes of at least 4 members (excludes halogenated alkanes) is 28. The number of hydrogen-bond donors (Lipinski definition) is 1. The van der Waals surface area contributed by atoms with E-state index in [1.54, 1.807) is 0 Å². The standard InChI is InChI=1S/C52H104O2/c1-7-13-19-23-27-31-34-38-43-49(48(41-17-11-5)42-37-33-29-25-21-15-9-3)47-52(51(53)54,46-40-36-32-28-24-20-14-8-2)50(44-18-12-6)45-39-35-30-26-22-16-10-4/h48-50H,7-47H2,1-6H3,(H,53,54). The molecule has 324 valence electrons. The van der Waals surface area contributed by atoms with Gasteiger partial charge in [0.15, 0.2) is 0 Å². The van der Waals surface area contributed by atoms with Crippen LogP contribution in [0, 0.1) is 23.2 Å². The zero-order valence-electron chi connectivity index (χ0n) is 38.6. The van der Waals surface area contributed by atoms with Crippen molar-refractivity contribution in [1.82, 2.24) is 0 Å². The topological polar surface area (TPSA) is 37.3 Å². The van der Waals surface area contributed by atoms with E-state index in [0.29, 0.717) is 17.8 Å². The first-order valence-electron chi connectivity index (χ1n) is 25.7. The van der Waals surface area contributed by atoms with E-state index in [0.717, 1.165) is 32.1 Å². The minimum Gasteiger partial charge on any atom is -0.481 e. The van der Waals surface area contributed by atoms with Gasteiger partial charge in [-0.3, -0.25) is 4.79 Å². The van der Waals surface area contributed by atoms with Gasteiger partial charge >= 0.3 is 5.97 Å². The lowest BCUT2D eigenvalue weighted by Crippen LogP contribution is -2.42. The summed E-state index contributed by atoms with van der Waals surface area (Å²) in [7, 11) is 0. The van der Waals surface area contributed by atoms with Gasteiger partial charge in [-0.2, -0.15) is 0 Å². The van der Waals surface area contributed by atoms with E-state index in [-0.39, 0.29) is 0 Å². The third-order valence-corrected chi connectivity index (χ3v) is 13.6. The molecule has 2 nitrogen and oxygen atoms in total. The van der Waals surface area contributed by atoms with Crippen molar-refractivity contribution >= 4 is 5.97 Å². The molecule has 0 amide bonds. The molecule has 0 fully saturated rings. The van der Waals surface area contributed by atoms with Crippen molar-refractivity contribution in [3.8, 4) is 0 Å². The van der Waals surface area contributed by atoms with Crippen LogP contribution in [0.15, 0.2) is 0 Å². The lowest BCUT2D eigenvalue weighted by molar-refractivity contribution is -0.156. The molecule has 0 rings (SSSR count). The monoisotopic (exact) mass is 761 g/mol. The Balaban J connectivity index is 6.31. The summed E-state index contributed by atoms with van der Waals surface area (Å²) in [6.45, 7) is 13.9. The van der Waals surface area contributed by atoms with E-state index in [4.69, 9.17) is 0 Å². The summed E-state index contributed by atoms with van der Waals surface area (Å²) >= 11 is 0. The molecule has 0 heterocycles. The number of carboxylic acids is 1. The summed E-state index contributed by atoms with van der Waals surface area (Å²) in [4.78, 5) is 14.1. The first-order valence-corrected chi connectivity index (χ1v) is 25.7. The highest BCUT2D eigenvalue weighted by molar-refractivity contribution is 5.75. The zero-order valence-corrected chi connectivity index (χ0v) is 38.6. The fraction of sp³-hybridized carbons (Fsp3) is 0.981. The molecule has 0 aliphatic carbocycles. The summed E-state index contributed by atoms with van der Waals surface area (Å²) < 4.78 is 0. The average molecular weight is 761 g/mol. The van der Waals surface area contributed by atoms with E-state index in [9.17, 15) is 9.90 Å². The van der Waals surface area contributed by atoms with Crippen molar-refractivity contribution < 1.29 is 9.90 Å². The molecule has 1 N–H and O–H groups in total. The maximum absolute atomic E-state index is 14.1. The van der Waals surface area contributed by atoms with Crippen LogP contribution in [0.1, 0.15) is 305 Å². The molecular formula is C52H104O2. The fourth-order valence-electron chi connectivity index (χ4n) is 9.87. The highest BCUT2D eigenvalue weighted by atomic mass is 16.4. The van der Waals surface area contributed by atoms with Gasteiger partial charge in [0.2, 0.25) is 0 Å². The van der Waals surface area contributed by atoms with Gasteiger partial charge in [-0.25, -0.2) is 0 Å². The predicted molar refractivity (Wildman–Crippen MR) is 244 cm³/mol. The Morgan fingerprint density at radius 1 is 0.352 bits per heavy atom. The van der Waals surface area contributed by atoms with Gasteiger partial charge in [0.05, 0.1) is 5.41 Å². The molecule has 54 heavy (non-hydrogen) atoms. The Bertz CT molecular complexity index is 747. The van der Waals surface area contributed by atoms with Crippen LogP contribution in [0.3, 0.4) is 0 Å². The number of carboxylic acid groups (broad SMARTS) is 1. The molecule has 0 aromatic heterocycles. The van der Waals surface area contributed by atoms with Crippen molar-refractivity contribution in [3.63, 3.8) is 0 Å². The van der Waals surface area contributed by atoms with Gasteiger partial charge in [0.1, 0.15) is 0 Å². The van der Waals surface area contributed by atoms with Crippen LogP contribution in [0.25, 0.3) is 0 Å². The van der Waals surface area contributed by atoms with Gasteiger partial charge in [-0.05, 0) is 43.4 Å². The van der Waals surface area contributed by atoms with Crippen molar-refractivity contribution in [2.45, 2.75) is 305 Å². The first-order chi connectivity index (χ1) is 26.5. The Kier molecular flexibility index (Phi) is 40.3. The maximum atomic E-state index is 14.1. The summed E-state index contributed by atoms with van der Waals surface area (Å²) in [5, 5.41) is 11.6. The SMILES string of the molecule is CCCCCCCCCCC(CC(CCCCCCCCCC)(C(=O)O)C(CCCC)CCCCCCCCC)C(CCCC)CCCCCCCCC. The molecule has 0 saturated carbocycles. The van der Waals surface area contributed by atoms with Gasteiger partial charge < -0.3 is 5.11 Å². The number of aliphatic carboxylic acids is 1. The highest BCUT2D eigenvalue weighted by Gasteiger charge is 2.46. The molecular weight excluding hydrogens is 657 g/mol. The molecule has 2 heteroatoms. The minimum absolute atomic E-state index is 0.335. The summed E-state index contributed by atoms with van der Waals surface area (Å²) in [6.07, 6.45) is 53.1. The Morgan fingerprint density at radius 3 is 1.02 bits per heavy atom. The summed E-state index contributed by atoms with van der Waals surface area (Å²) in [5.74, 6) is 1.19. The molecule has 0 bridgehead atoms.